The highest BCUT2D eigenvalue weighted by Crippen LogP contribution is 2.34. The lowest BCUT2D eigenvalue weighted by atomic mass is 10.1. The Bertz CT molecular complexity index is 331. The van der Waals surface area contributed by atoms with Crippen molar-refractivity contribution in [3.8, 4) is 17.2 Å². The Hall–Kier alpha value is -1.64. The smallest absolute Gasteiger partial charge is 0.133 e. The Labute approximate surface area is 104 Å². The fourth-order valence-corrected chi connectivity index (χ4v) is 1.36. The topological polar surface area (TPSA) is 27.7 Å². The minimum Gasteiger partial charge on any atom is -0.496 e. The molecule has 0 bridgehead atoms. The van der Waals surface area contributed by atoms with Gasteiger partial charge in [-0.1, -0.05) is 26.0 Å². The third kappa shape index (κ3) is 4.02. The van der Waals surface area contributed by atoms with Gasteiger partial charge < -0.3 is 14.2 Å². The molecular weight excluding hydrogens is 216 g/mol. The molecular formula is C14H22O3. The molecule has 0 aliphatic rings. The summed E-state index contributed by atoms with van der Waals surface area (Å²) in [6, 6.07) is 3.66. The second-order valence-corrected chi connectivity index (χ2v) is 2.95. The Morgan fingerprint density at radius 2 is 1.35 bits per heavy atom. The highest BCUT2D eigenvalue weighted by atomic mass is 16.5. The lowest BCUT2D eigenvalue weighted by Gasteiger charge is -2.12. The van der Waals surface area contributed by atoms with Crippen LogP contribution < -0.4 is 14.2 Å². The number of ether oxygens (including phenoxy) is 3. The number of allylic oxidation sites excluding steroid dienone is 1. The third-order valence-corrected chi connectivity index (χ3v) is 2.09. The van der Waals surface area contributed by atoms with Gasteiger partial charge in [-0.15, -0.1) is 0 Å². The molecule has 3 heteroatoms. The van der Waals surface area contributed by atoms with E-state index in [-0.39, 0.29) is 0 Å². The van der Waals surface area contributed by atoms with Gasteiger partial charge in [0.2, 0.25) is 0 Å². The van der Waals surface area contributed by atoms with E-state index in [1.807, 2.05) is 45.1 Å². The summed E-state index contributed by atoms with van der Waals surface area (Å²) in [5, 5.41) is 0. The van der Waals surface area contributed by atoms with E-state index in [0.717, 1.165) is 22.8 Å². The number of hydrogen-bond donors (Lipinski definition) is 0. The predicted octanol–water partition coefficient (Wildman–Crippen LogP) is 3.77. The quantitative estimate of drug-likeness (QED) is 0.799. The summed E-state index contributed by atoms with van der Waals surface area (Å²) in [6.45, 7) is 5.95. The van der Waals surface area contributed by atoms with Crippen molar-refractivity contribution < 1.29 is 14.2 Å². The van der Waals surface area contributed by atoms with Gasteiger partial charge in [-0.05, 0) is 6.92 Å². The summed E-state index contributed by atoms with van der Waals surface area (Å²) < 4.78 is 15.7. The molecule has 0 unspecified atom stereocenters. The fraction of sp³-hybridized carbons (Fsp3) is 0.429. The monoisotopic (exact) mass is 238 g/mol. The van der Waals surface area contributed by atoms with Gasteiger partial charge in [0, 0.05) is 12.1 Å². The summed E-state index contributed by atoms with van der Waals surface area (Å²) in [7, 11) is 4.87. The molecule has 0 radical (unpaired) electrons. The molecule has 0 amide bonds. The van der Waals surface area contributed by atoms with Crippen LogP contribution >= 0.6 is 0 Å². The highest BCUT2D eigenvalue weighted by Gasteiger charge is 2.09. The van der Waals surface area contributed by atoms with Crippen molar-refractivity contribution in [2.24, 2.45) is 0 Å². The zero-order valence-corrected chi connectivity index (χ0v) is 11.5. The third-order valence-electron chi connectivity index (χ3n) is 2.09. The molecule has 0 atom stereocenters. The molecule has 96 valence electrons. The maximum absolute atomic E-state index is 5.27. The number of methoxy groups -OCH3 is 3. The first-order valence-corrected chi connectivity index (χ1v) is 5.69. The van der Waals surface area contributed by atoms with E-state index in [1.54, 1.807) is 21.3 Å². The highest BCUT2D eigenvalue weighted by molar-refractivity contribution is 5.66. The molecule has 0 saturated heterocycles. The summed E-state index contributed by atoms with van der Waals surface area (Å²) in [4.78, 5) is 0. The Balaban J connectivity index is 0.00000121. The van der Waals surface area contributed by atoms with E-state index in [0.29, 0.717) is 0 Å². The first-order valence-electron chi connectivity index (χ1n) is 5.69. The zero-order valence-electron chi connectivity index (χ0n) is 11.5. The number of benzene rings is 1. The summed E-state index contributed by atoms with van der Waals surface area (Å²) >= 11 is 0. The first kappa shape index (κ1) is 15.4. The summed E-state index contributed by atoms with van der Waals surface area (Å²) in [5.41, 5.74) is 0.920. The minimum absolute atomic E-state index is 0.719. The van der Waals surface area contributed by atoms with Crippen molar-refractivity contribution in [2.45, 2.75) is 20.8 Å². The fourth-order valence-electron chi connectivity index (χ4n) is 1.36. The van der Waals surface area contributed by atoms with E-state index in [1.165, 1.54) is 0 Å². The molecule has 0 saturated carbocycles. The molecule has 17 heavy (non-hydrogen) atoms. The molecule has 0 heterocycles. The van der Waals surface area contributed by atoms with Crippen molar-refractivity contribution in [1.82, 2.24) is 0 Å². The molecule has 0 aliphatic carbocycles. The molecule has 0 aromatic heterocycles. The molecule has 1 aromatic rings. The van der Waals surface area contributed by atoms with Crippen LogP contribution in [0.2, 0.25) is 0 Å². The number of rotatable bonds is 4. The molecule has 1 rings (SSSR count). The average Bonchev–Trinajstić information content (AvgIpc) is 2.41. The van der Waals surface area contributed by atoms with Gasteiger partial charge in [0.25, 0.3) is 0 Å². The normalized spacial score (nSPS) is 9.53. The second-order valence-electron chi connectivity index (χ2n) is 2.95. The molecule has 0 spiro atoms. The molecule has 0 fully saturated rings. The van der Waals surface area contributed by atoms with Crippen LogP contribution in [0.25, 0.3) is 6.08 Å². The summed E-state index contributed by atoms with van der Waals surface area (Å²) in [5.74, 6) is 2.20. The largest absolute Gasteiger partial charge is 0.496 e. The van der Waals surface area contributed by atoms with E-state index in [9.17, 15) is 0 Å². The van der Waals surface area contributed by atoms with Crippen LogP contribution in [-0.4, -0.2) is 21.3 Å². The van der Waals surface area contributed by atoms with E-state index in [2.05, 4.69) is 0 Å². The van der Waals surface area contributed by atoms with E-state index in [4.69, 9.17) is 14.2 Å². The lowest BCUT2D eigenvalue weighted by Crippen LogP contribution is -1.94. The van der Waals surface area contributed by atoms with Crippen molar-refractivity contribution >= 4 is 6.08 Å². The lowest BCUT2D eigenvalue weighted by molar-refractivity contribution is 0.374. The van der Waals surface area contributed by atoms with Crippen molar-refractivity contribution in [3.63, 3.8) is 0 Å². The van der Waals surface area contributed by atoms with Crippen LogP contribution in [0.4, 0.5) is 0 Å². The second kappa shape index (κ2) is 8.50. The van der Waals surface area contributed by atoms with Crippen LogP contribution in [-0.2, 0) is 0 Å². The summed E-state index contributed by atoms with van der Waals surface area (Å²) in [6.07, 6.45) is 3.88. The zero-order chi connectivity index (χ0) is 13.3. The number of hydrogen-bond acceptors (Lipinski definition) is 3. The van der Waals surface area contributed by atoms with Gasteiger partial charge in [0.05, 0.1) is 26.9 Å². The van der Waals surface area contributed by atoms with Crippen molar-refractivity contribution in [3.05, 3.63) is 23.8 Å². The molecule has 1 aromatic carbocycles. The van der Waals surface area contributed by atoms with Crippen LogP contribution in [0.3, 0.4) is 0 Å². The first-order chi connectivity index (χ1) is 8.26. The van der Waals surface area contributed by atoms with E-state index < -0.39 is 0 Å². The van der Waals surface area contributed by atoms with Gasteiger partial charge in [0.15, 0.2) is 0 Å². The van der Waals surface area contributed by atoms with Crippen LogP contribution in [0.1, 0.15) is 26.3 Å². The Kier molecular flexibility index (Phi) is 7.68. The van der Waals surface area contributed by atoms with Crippen molar-refractivity contribution in [2.75, 3.05) is 21.3 Å². The van der Waals surface area contributed by atoms with Crippen LogP contribution in [0, 0.1) is 0 Å². The van der Waals surface area contributed by atoms with Gasteiger partial charge in [0.1, 0.15) is 17.2 Å². The van der Waals surface area contributed by atoms with E-state index >= 15 is 0 Å². The van der Waals surface area contributed by atoms with Crippen molar-refractivity contribution in [1.29, 1.82) is 0 Å². The standard InChI is InChI=1S/C12H16O3.C2H6/c1-5-6-10-11(14-3)7-9(13-2)8-12(10)15-4;1-2/h5-8H,1-4H3;1-2H3/b6-5+;. The molecule has 3 nitrogen and oxygen atoms in total. The Morgan fingerprint density at radius 1 is 0.882 bits per heavy atom. The van der Waals surface area contributed by atoms with Crippen LogP contribution in [0.5, 0.6) is 17.2 Å². The van der Waals surface area contributed by atoms with Gasteiger partial charge in [-0.2, -0.15) is 0 Å². The van der Waals surface area contributed by atoms with Crippen LogP contribution in [0.15, 0.2) is 18.2 Å². The molecule has 0 aliphatic heterocycles. The van der Waals surface area contributed by atoms with Gasteiger partial charge in [-0.25, -0.2) is 0 Å². The van der Waals surface area contributed by atoms with Gasteiger partial charge >= 0.3 is 0 Å². The Morgan fingerprint density at radius 3 is 1.65 bits per heavy atom. The maximum atomic E-state index is 5.27. The van der Waals surface area contributed by atoms with Gasteiger partial charge in [-0.3, -0.25) is 0 Å². The molecule has 0 N–H and O–H groups in total. The average molecular weight is 238 g/mol. The minimum atomic E-state index is 0.719. The SMILES string of the molecule is C/C=C/c1c(OC)cc(OC)cc1OC.CC. The predicted molar refractivity (Wildman–Crippen MR) is 72.2 cm³/mol. The maximum Gasteiger partial charge on any atom is 0.133 e.